The Morgan fingerprint density at radius 3 is 2.81 bits per heavy atom. The van der Waals surface area contributed by atoms with Crippen molar-refractivity contribution in [1.82, 2.24) is 20.4 Å². The van der Waals surface area contributed by atoms with Crippen LogP contribution in [0.15, 0.2) is 35.0 Å². The van der Waals surface area contributed by atoms with Crippen LogP contribution in [-0.4, -0.2) is 41.0 Å². The molecule has 2 amide bonds. The number of benzene rings is 1. The van der Waals surface area contributed by atoms with Crippen molar-refractivity contribution >= 4 is 29.0 Å². The van der Waals surface area contributed by atoms with Crippen LogP contribution in [0.4, 0.5) is 17.2 Å². The summed E-state index contributed by atoms with van der Waals surface area (Å²) in [4.78, 5) is 32.9. The second-order valence-electron chi connectivity index (χ2n) is 7.00. The Morgan fingerprint density at radius 1 is 1.29 bits per heavy atom. The third-order valence-electron chi connectivity index (χ3n) is 4.73. The lowest BCUT2D eigenvalue weighted by atomic mass is 10.1. The lowest BCUT2D eigenvalue weighted by Gasteiger charge is -2.16. The average Bonchev–Trinajstić information content (AvgIpc) is 3.55. The number of para-hydroxylation sites is 1. The summed E-state index contributed by atoms with van der Waals surface area (Å²) in [5.41, 5.74) is 0.951. The maximum absolute atomic E-state index is 12.4. The number of nitrogens with one attached hydrogen (secondary N) is 3. The van der Waals surface area contributed by atoms with Crippen LogP contribution < -0.4 is 20.7 Å². The number of methoxy groups -OCH3 is 1. The molecule has 0 spiro atoms. The van der Waals surface area contributed by atoms with Crippen molar-refractivity contribution in [2.45, 2.75) is 19.8 Å². The van der Waals surface area contributed by atoms with Crippen LogP contribution >= 0.6 is 0 Å². The maximum atomic E-state index is 12.4. The second-order valence-corrected chi connectivity index (χ2v) is 7.00. The molecule has 1 aliphatic rings. The van der Waals surface area contributed by atoms with Crippen molar-refractivity contribution in [1.29, 1.82) is 0 Å². The summed E-state index contributed by atoms with van der Waals surface area (Å²) in [6.07, 6.45) is 2.97. The van der Waals surface area contributed by atoms with Crippen LogP contribution in [0.3, 0.4) is 0 Å². The van der Waals surface area contributed by atoms with E-state index in [2.05, 4.69) is 31.1 Å². The Hall–Kier alpha value is -3.95. The second kappa shape index (κ2) is 8.42. The first-order valence-electron chi connectivity index (χ1n) is 11.1. The quantitative estimate of drug-likeness (QED) is 0.527. The monoisotopic (exact) mass is 425 g/mol. The van der Waals surface area contributed by atoms with Gasteiger partial charge in [-0.3, -0.25) is 9.59 Å². The Labute approximate surface area is 182 Å². The van der Waals surface area contributed by atoms with E-state index in [4.69, 9.17) is 13.4 Å². The lowest BCUT2D eigenvalue weighted by molar-refractivity contribution is -0.117. The summed E-state index contributed by atoms with van der Waals surface area (Å²) in [6.45, 7) is 1.60. The Balaban J connectivity index is 1.77. The number of hydrogen-bond acceptors (Lipinski definition) is 8. The van der Waals surface area contributed by atoms with E-state index in [1.165, 1.54) is 19.3 Å². The van der Waals surface area contributed by atoms with Crippen molar-refractivity contribution in [3.63, 3.8) is 0 Å². The normalized spacial score (nSPS) is 14.7. The highest BCUT2D eigenvalue weighted by Gasteiger charge is 2.30. The first kappa shape index (κ1) is 16.8. The third-order valence-corrected chi connectivity index (χ3v) is 4.73. The predicted octanol–water partition coefficient (Wildman–Crippen LogP) is 2.90. The van der Waals surface area contributed by atoms with Gasteiger partial charge in [0, 0.05) is 32.2 Å². The van der Waals surface area contributed by atoms with Gasteiger partial charge >= 0.3 is 0 Å². The molecule has 2 heterocycles. The van der Waals surface area contributed by atoms with E-state index < -0.39 is 12.9 Å². The maximum Gasteiger partial charge on any atom is 0.254 e. The highest BCUT2D eigenvalue weighted by atomic mass is 16.5. The van der Waals surface area contributed by atoms with Gasteiger partial charge in [0.2, 0.25) is 17.6 Å². The van der Waals surface area contributed by atoms with Crippen molar-refractivity contribution in [3.8, 4) is 17.1 Å². The largest absolute Gasteiger partial charge is 0.494 e. The standard InChI is InChI=1S/C21H22N6O4/c1-11-24-19(27-31-11)13-5-4-6-15(18(13)30-3)25-16-9-17(26-20(28)12-7-8-12)23-10-14(16)21(29)22-2/h4-6,9-10,12H,7-8H2,1-3H3,(H,22,29)(H2,23,25,26,28)/i3D3. The fraction of sp³-hybridized carbons (Fsp3) is 0.286. The fourth-order valence-electron chi connectivity index (χ4n) is 2.99. The molecule has 1 aromatic carbocycles. The van der Waals surface area contributed by atoms with Gasteiger partial charge in [0.15, 0.2) is 5.75 Å². The number of rotatable bonds is 7. The van der Waals surface area contributed by atoms with Gasteiger partial charge in [0.25, 0.3) is 5.91 Å². The molecule has 3 N–H and O–H groups in total. The molecule has 2 aromatic heterocycles. The summed E-state index contributed by atoms with van der Waals surface area (Å²) in [5, 5.41) is 12.2. The Bertz CT molecular complexity index is 1240. The van der Waals surface area contributed by atoms with Crippen molar-refractivity contribution in [2.75, 3.05) is 24.7 Å². The smallest absolute Gasteiger partial charge is 0.254 e. The van der Waals surface area contributed by atoms with Gasteiger partial charge in [-0.25, -0.2) is 4.98 Å². The summed E-state index contributed by atoms with van der Waals surface area (Å²) >= 11 is 0. The van der Waals surface area contributed by atoms with Gasteiger partial charge in [0.05, 0.1) is 33.7 Å². The summed E-state index contributed by atoms with van der Waals surface area (Å²) in [7, 11) is -1.31. The van der Waals surface area contributed by atoms with Gasteiger partial charge in [-0.2, -0.15) is 4.98 Å². The van der Waals surface area contributed by atoms with Crippen LogP contribution in [0.1, 0.15) is 33.2 Å². The molecule has 4 rings (SSSR count). The molecule has 1 fully saturated rings. The first-order valence-corrected chi connectivity index (χ1v) is 9.57. The van der Waals surface area contributed by atoms with E-state index in [-0.39, 0.29) is 51.7 Å². The topological polar surface area (TPSA) is 131 Å². The van der Waals surface area contributed by atoms with E-state index in [1.54, 1.807) is 25.1 Å². The van der Waals surface area contributed by atoms with Gasteiger partial charge < -0.3 is 25.2 Å². The zero-order chi connectivity index (χ0) is 24.5. The fourth-order valence-corrected chi connectivity index (χ4v) is 2.99. The van der Waals surface area contributed by atoms with Gasteiger partial charge in [-0.05, 0) is 25.0 Å². The first-order chi connectivity index (χ1) is 16.1. The highest BCUT2D eigenvalue weighted by molar-refractivity contribution is 6.01. The number of carbonyl (C=O) groups excluding carboxylic acids is 2. The molecule has 31 heavy (non-hydrogen) atoms. The van der Waals surface area contributed by atoms with Crippen molar-refractivity contribution < 1.29 is 23.0 Å². The van der Waals surface area contributed by atoms with Crippen LogP contribution in [0.5, 0.6) is 5.75 Å². The molecular weight excluding hydrogens is 400 g/mol. The number of anilines is 3. The van der Waals surface area contributed by atoms with Crippen molar-refractivity contribution in [3.05, 3.63) is 41.9 Å². The number of amides is 2. The molecule has 1 aliphatic carbocycles. The number of aryl methyl sites for hydroxylation is 1. The molecule has 0 aliphatic heterocycles. The summed E-state index contributed by atoms with van der Waals surface area (Å²) in [6, 6.07) is 6.31. The van der Waals surface area contributed by atoms with E-state index in [9.17, 15) is 9.59 Å². The minimum absolute atomic E-state index is 0.0359. The van der Waals surface area contributed by atoms with E-state index in [0.29, 0.717) is 5.89 Å². The molecule has 3 aromatic rings. The SMILES string of the molecule is [2H]C([2H])([2H])Oc1c(Nc2cc(NC(=O)C3CC3)ncc2C(=O)NC)cccc1-c1noc(C)n1. The van der Waals surface area contributed by atoms with Crippen LogP contribution in [-0.2, 0) is 4.79 Å². The molecule has 10 nitrogen and oxygen atoms in total. The van der Waals surface area contributed by atoms with Gasteiger partial charge in [0.1, 0.15) is 5.82 Å². The molecule has 0 radical (unpaired) electrons. The number of nitrogens with zero attached hydrogens (tertiary/aromatic N) is 3. The highest BCUT2D eigenvalue weighted by Crippen LogP contribution is 2.37. The zero-order valence-corrected chi connectivity index (χ0v) is 16.9. The van der Waals surface area contributed by atoms with Crippen molar-refractivity contribution in [2.24, 2.45) is 5.92 Å². The van der Waals surface area contributed by atoms with E-state index in [1.807, 2.05) is 0 Å². The molecule has 0 saturated heterocycles. The van der Waals surface area contributed by atoms with E-state index >= 15 is 0 Å². The molecule has 0 bridgehead atoms. The minimum Gasteiger partial charge on any atom is -0.494 e. The third kappa shape index (κ3) is 4.32. The zero-order valence-electron chi connectivity index (χ0n) is 19.9. The Kier molecular flexibility index (Phi) is 4.57. The molecule has 10 heteroatoms. The number of ether oxygens (including phenoxy) is 1. The minimum atomic E-state index is -2.78. The Morgan fingerprint density at radius 2 is 2.13 bits per heavy atom. The van der Waals surface area contributed by atoms with Crippen LogP contribution in [0, 0.1) is 12.8 Å². The van der Waals surface area contributed by atoms with Crippen LogP contribution in [0.25, 0.3) is 11.4 Å². The number of pyridine rings is 1. The number of carbonyl (C=O) groups is 2. The van der Waals surface area contributed by atoms with Gasteiger partial charge in [-0.15, -0.1) is 0 Å². The number of aromatic nitrogens is 3. The average molecular weight is 425 g/mol. The molecule has 0 atom stereocenters. The van der Waals surface area contributed by atoms with Crippen LogP contribution in [0.2, 0.25) is 0 Å². The number of hydrogen-bond donors (Lipinski definition) is 3. The van der Waals surface area contributed by atoms with E-state index in [0.717, 1.165) is 12.8 Å². The van der Waals surface area contributed by atoms with Gasteiger partial charge in [-0.1, -0.05) is 11.2 Å². The summed E-state index contributed by atoms with van der Waals surface area (Å²) in [5.74, 6) is -0.00213. The molecular formula is C21H22N6O4. The molecule has 0 unspecified atom stereocenters. The predicted molar refractivity (Wildman–Crippen MR) is 113 cm³/mol. The molecule has 1 saturated carbocycles. The molecule has 160 valence electrons. The lowest BCUT2D eigenvalue weighted by Crippen LogP contribution is -2.20. The summed E-state index contributed by atoms with van der Waals surface area (Å²) < 4.78 is 33.1.